The van der Waals surface area contributed by atoms with Crippen LogP contribution in [0.2, 0.25) is 0 Å². The molecular weight excluding hydrogens is 364 g/mol. The van der Waals surface area contributed by atoms with E-state index in [4.69, 9.17) is 4.74 Å². The van der Waals surface area contributed by atoms with Crippen molar-refractivity contribution < 1.29 is 19.4 Å². The molecule has 0 aliphatic heterocycles. The molecule has 1 atom stereocenters. The summed E-state index contributed by atoms with van der Waals surface area (Å²) in [5.74, 6) is -1.89. The van der Waals surface area contributed by atoms with Gasteiger partial charge in [0.2, 0.25) is 0 Å². The second-order valence-corrected chi connectivity index (χ2v) is 8.87. The van der Waals surface area contributed by atoms with Crippen LogP contribution in [0.5, 0.6) is 0 Å². The molecular formula is C25H48O4. The molecule has 4 nitrogen and oxygen atoms in total. The van der Waals surface area contributed by atoms with Gasteiger partial charge in [0.05, 0.1) is 18.4 Å². The minimum Gasteiger partial charge on any atom is -0.481 e. The summed E-state index contributed by atoms with van der Waals surface area (Å²) in [6.07, 6.45) is 21.3. The van der Waals surface area contributed by atoms with Crippen LogP contribution in [0.25, 0.3) is 0 Å². The van der Waals surface area contributed by atoms with E-state index in [0.29, 0.717) is 6.42 Å². The Morgan fingerprint density at radius 2 is 1.07 bits per heavy atom. The number of esters is 1. The number of hydrogen-bond acceptors (Lipinski definition) is 3. The molecule has 0 heterocycles. The molecule has 172 valence electrons. The van der Waals surface area contributed by atoms with Crippen LogP contribution in [0, 0.1) is 5.92 Å². The predicted molar refractivity (Wildman–Crippen MR) is 121 cm³/mol. The van der Waals surface area contributed by atoms with Crippen molar-refractivity contribution in [2.75, 3.05) is 0 Å². The number of ether oxygens (including phenoxy) is 1. The van der Waals surface area contributed by atoms with Crippen LogP contribution in [0.1, 0.15) is 136 Å². The summed E-state index contributed by atoms with van der Waals surface area (Å²) in [6.45, 7) is 5.83. The fourth-order valence-corrected chi connectivity index (χ4v) is 3.76. The van der Waals surface area contributed by atoms with Crippen LogP contribution >= 0.6 is 0 Å². The zero-order chi connectivity index (χ0) is 21.7. The fraction of sp³-hybridized carbons (Fsp3) is 0.920. The first kappa shape index (κ1) is 27.9. The molecule has 4 heteroatoms. The number of carbonyl (C=O) groups is 2. The molecule has 0 rings (SSSR count). The normalized spacial score (nSPS) is 12.3. The summed E-state index contributed by atoms with van der Waals surface area (Å²) in [5.41, 5.74) is 0. The maximum absolute atomic E-state index is 11.7. The van der Waals surface area contributed by atoms with Gasteiger partial charge in [-0.05, 0) is 20.3 Å². The minimum absolute atomic E-state index is 0.00769. The van der Waals surface area contributed by atoms with E-state index < -0.39 is 17.9 Å². The largest absolute Gasteiger partial charge is 0.481 e. The van der Waals surface area contributed by atoms with Crippen molar-refractivity contribution in [3.8, 4) is 0 Å². The molecule has 1 N–H and O–H groups in total. The molecule has 0 amide bonds. The van der Waals surface area contributed by atoms with Crippen LogP contribution in [0.15, 0.2) is 0 Å². The van der Waals surface area contributed by atoms with Gasteiger partial charge in [0.1, 0.15) is 0 Å². The molecule has 0 spiro atoms. The Balaban J connectivity index is 3.44. The number of carboxylic acids is 1. The highest BCUT2D eigenvalue weighted by atomic mass is 16.5. The van der Waals surface area contributed by atoms with Gasteiger partial charge in [0.15, 0.2) is 0 Å². The van der Waals surface area contributed by atoms with Gasteiger partial charge in [0.25, 0.3) is 0 Å². The van der Waals surface area contributed by atoms with Crippen molar-refractivity contribution in [2.45, 2.75) is 142 Å². The quantitative estimate of drug-likeness (QED) is 0.155. The van der Waals surface area contributed by atoms with Crippen LogP contribution in [0.4, 0.5) is 0 Å². The first-order valence-corrected chi connectivity index (χ1v) is 12.4. The van der Waals surface area contributed by atoms with Gasteiger partial charge < -0.3 is 9.84 Å². The lowest BCUT2D eigenvalue weighted by Crippen LogP contribution is -2.21. The number of carbonyl (C=O) groups excluding carboxylic acids is 1. The first-order chi connectivity index (χ1) is 14.0. The van der Waals surface area contributed by atoms with Gasteiger partial charge >= 0.3 is 11.9 Å². The summed E-state index contributed by atoms with van der Waals surface area (Å²) < 4.78 is 5.06. The minimum atomic E-state index is -0.883. The maximum atomic E-state index is 11.7. The van der Waals surface area contributed by atoms with Gasteiger partial charge in [-0.3, -0.25) is 9.59 Å². The van der Waals surface area contributed by atoms with Crippen molar-refractivity contribution in [3.05, 3.63) is 0 Å². The lowest BCUT2D eigenvalue weighted by atomic mass is 9.97. The lowest BCUT2D eigenvalue weighted by Gasteiger charge is -2.13. The van der Waals surface area contributed by atoms with Gasteiger partial charge in [-0.2, -0.15) is 0 Å². The fourth-order valence-electron chi connectivity index (χ4n) is 3.76. The standard InChI is InChI=1S/C25H48O4/c1-4-5-6-7-8-9-10-11-12-13-14-15-16-17-18-19-20-23(25(27)28)21-24(26)29-22(2)3/h22-23H,4-21H2,1-3H3,(H,27,28). The number of aliphatic carboxylic acids is 1. The van der Waals surface area contributed by atoms with E-state index in [0.717, 1.165) is 12.8 Å². The van der Waals surface area contributed by atoms with Crippen molar-refractivity contribution in [2.24, 2.45) is 5.92 Å². The predicted octanol–water partition coefficient (Wildman–Crippen LogP) is 7.68. The van der Waals surface area contributed by atoms with Crippen molar-refractivity contribution in [1.82, 2.24) is 0 Å². The SMILES string of the molecule is CCCCCCCCCCCCCCCCCCC(CC(=O)OC(C)C)C(=O)O. The molecule has 0 aromatic carbocycles. The highest BCUT2D eigenvalue weighted by molar-refractivity contribution is 5.78. The molecule has 0 radical (unpaired) electrons. The van der Waals surface area contributed by atoms with E-state index in [1.807, 2.05) is 0 Å². The molecule has 0 aliphatic carbocycles. The average molecular weight is 413 g/mol. The highest BCUT2D eigenvalue weighted by Crippen LogP contribution is 2.18. The molecule has 29 heavy (non-hydrogen) atoms. The highest BCUT2D eigenvalue weighted by Gasteiger charge is 2.22. The number of rotatable bonds is 21. The van der Waals surface area contributed by atoms with E-state index in [1.165, 1.54) is 89.9 Å². The molecule has 0 aliphatic rings. The third kappa shape index (κ3) is 20.0. The Kier molecular flexibility index (Phi) is 19.5. The second kappa shape index (κ2) is 20.2. The van der Waals surface area contributed by atoms with E-state index in [9.17, 15) is 14.7 Å². The molecule has 0 aromatic rings. The molecule has 0 fully saturated rings. The summed E-state index contributed by atoms with van der Waals surface area (Å²) in [7, 11) is 0. The number of hydrogen-bond donors (Lipinski definition) is 1. The number of unbranched alkanes of at least 4 members (excludes halogenated alkanes) is 15. The Bertz CT molecular complexity index is 392. The summed E-state index contributed by atoms with van der Waals surface area (Å²) in [6, 6.07) is 0. The van der Waals surface area contributed by atoms with Gasteiger partial charge in [0, 0.05) is 0 Å². The van der Waals surface area contributed by atoms with Crippen molar-refractivity contribution in [1.29, 1.82) is 0 Å². The average Bonchev–Trinajstić information content (AvgIpc) is 2.66. The van der Waals surface area contributed by atoms with E-state index in [2.05, 4.69) is 6.92 Å². The van der Waals surface area contributed by atoms with Crippen LogP contribution in [-0.4, -0.2) is 23.1 Å². The summed E-state index contributed by atoms with van der Waals surface area (Å²) in [5, 5.41) is 9.27. The Morgan fingerprint density at radius 1 is 0.690 bits per heavy atom. The maximum Gasteiger partial charge on any atom is 0.307 e. The van der Waals surface area contributed by atoms with Gasteiger partial charge in [-0.15, -0.1) is 0 Å². The zero-order valence-electron chi connectivity index (χ0n) is 19.6. The lowest BCUT2D eigenvalue weighted by molar-refractivity contribution is -0.154. The van der Waals surface area contributed by atoms with Crippen molar-refractivity contribution in [3.63, 3.8) is 0 Å². The smallest absolute Gasteiger partial charge is 0.307 e. The zero-order valence-corrected chi connectivity index (χ0v) is 19.6. The second-order valence-electron chi connectivity index (χ2n) is 8.87. The molecule has 0 saturated carbocycles. The van der Waals surface area contributed by atoms with Gasteiger partial charge in [-0.1, -0.05) is 110 Å². The summed E-state index contributed by atoms with van der Waals surface area (Å²) in [4.78, 5) is 23.0. The third-order valence-corrected chi connectivity index (χ3v) is 5.54. The molecule has 0 saturated heterocycles. The molecule has 1 unspecified atom stereocenters. The third-order valence-electron chi connectivity index (χ3n) is 5.54. The Hall–Kier alpha value is -1.06. The van der Waals surface area contributed by atoms with E-state index in [-0.39, 0.29) is 12.5 Å². The van der Waals surface area contributed by atoms with E-state index in [1.54, 1.807) is 13.8 Å². The van der Waals surface area contributed by atoms with Crippen LogP contribution in [0.3, 0.4) is 0 Å². The molecule has 0 bridgehead atoms. The summed E-state index contributed by atoms with van der Waals surface area (Å²) >= 11 is 0. The Morgan fingerprint density at radius 3 is 1.41 bits per heavy atom. The van der Waals surface area contributed by atoms with Crippen LogP contribution in [-0.2, 0) is 14.3 Å². The van der Waals surface area contributed by atoms with E-state index >= 15 is 0 Å². The number of carboxylic acid groups (broad SMARTS) is 1. The van der Waals surface area contributed by atoms with Gasteiger partial charge in [-0.25, -0.2) is 0 Å². The van der Waals surface area contributed by atoms with Crippen molar-refractivity contribution >= 4 is 11.9 Å². The Labute approximate surface area is 180 Å². The molecule has 0 aromatic heterocycles. The van der Waals surface area contributed by atoms with Crippen LogP contribution < -0.4 is 0 Å². The first-order valence-electron chi connectivity index (χ1n) is 12.4. The topological polar surface area (TPSA) is 63.6 Å². The monoisotopic (exact) mass is 412 g/mol.